The molecule has 3 nitrogen and oxygen atoms in total. The molecular weight excluding hydrogens is 263 g/mol. The highest BCUT2D eigenvalue weighted by Gasteiger charge is 2.53. The summed E-state index contributed by atoms with van der Waals surface area (Å²) >= 11 is 0. The predicted molar refractivity (Wildman–Crippen MR) is 74.0 cm³/mol. The predicted octanol–water partition coefficient (Wildman–Crippen LogP) is 3.55. The van der Waals surface area contributed by atoms with Gasteiger partial charge >= 0.3 is 7.12 Å². The van der Waals surface area contributed by atoms with Crippen molar-refractivity contribution in [2.24, 2.45) is 0 Å². The number of allylic oxidation sites excluding steroid dienone is 1. The van der Waals surface area contributed by atoms with Crippen molar-refractivity contribution in [3.8, 4) is 0 Å². The van der Waals surface area contributed by atoms with Gasteiger partial charge in [0.05, 0.1) is 17.4 Å². The Morgan fingerprint density at radius 1 is 1.15 bits per heavy atom. The van der Waals surface area contributed by atoms with E-state index in [1.807, 2.05) is 27.7 Å². The van der Waals surface area contributed by atoms with Crippen LogP contribution in [0.2, 0.25) is 0 Å². The number of hydrogen-bond donors (Lipinski definition) is 0. The molecule has 0 aliphatic carbocycles. The molecule has 1 aliphatic heterocycles. The molecule has 0 N–H and O–H groups in total. The first-order chi connectivity index (χ1) is 9.14. The number of aromatic nitrogens is 1. The van der Waals surface area contributed by atoms with Crippen molar-refractivity contribution in [2.45, 2.75) is 45.8 Å². The molecule has 0 radical (unpaired) electrons. The van der Waals surface area contributed by atoms with Crippen molar-refractivity contribution in [2.75, 3.05) is 0 Å². The third kappa shape index (κ3) is 2.62. The summed E-state index contributed by atoms with van der Waals surface area (Å²) in [5, 5.41) is 0. The molecule has 0 amide bonds. The lowest BCUT2D eigenvalue weighted by molar-refractivity contribution is 0.00578. The minimum Gasteiger partial charge on any atom is -0.398 e. The Balaban J connectivity index is 2.32. The summed E-state index contributed by atoms with van der Waals surface area (Å²) < 4.78 is 38.9. The Kier molecular flexibility index (Phi) is 3.73. The Hall–Kier alpha value is -1.27. The van der Waals surface area contributed by atoms with Crippen LogP contribution in [0.15, 0.2) is 24.2 Å². The van der Waals surface area contributed by atoms with E-state index in [1.54, 1.807) is 6.92 Å². The summed E-state index contributed by atoms with van der Waals surface area (Å²) in [5.41, 5.74) is -1.16. The first-order valence-corrected chi connectivity index (χ1v) is 6.47. The van der Waals surface area contributed by atoms with Crippen LogP contribution in [0.4, 0.5) is 8.78 Å². The molecule has 108 valence electrons. The topological polar surface area (TPSA) is 31.4 Å². The lowest BCUT2D eigenvalue weighted by atomic mass is 9.83. The molecule has 2 rings (SSSR count). The van der Waals surface area contributed by atoms with E-state index in [1.165, 1.54) is 12.3 Å². The Morgan fingerprint density at radius 3 is 2.20 bits per heavy atom. The van der Waals surface area contributed by atoms with Gasteiger partial charge in [0.1, 0.15) is 11.5 Å². The lowest BCUT2D eigenvalue weighted by Crippen LogP contribution is -2.41. The highest BCUT2D eigenvalue weighted by atomic mass is 19.1. The maximum Gasteiger partial charge on any atom is 0.525 e. The first kappa shape index (κ1) is 15.1. The summed E-state index contributed by atoms with van der Waals surface area (Å²) in [6.45, 7) is 8.94. The van der Waals surface area contributed by atoms with E-state index in [9.17, 15) is 8.78 Å². The minimum absolute atomic E-state index is 0.260. The molecule has 1 aromatic heterocycles. The van der Waals surface area contributed by atoms with Crippen molar-refractivity contribution in [1.29, 1.82) is 0 Å². The van der Waals surface area contributed by atoms with Crippen LogP contribution in [0.5, 0.6) is 0 Å². The van der Waals surface area contributed by atoms with Crippen LogP contribution < -0.4 is 0 Å². The average molecular weight is 281 g/mol. The quantitative estimate of drug-likeness (QED) is 0.777. The third-order valence-corrected chi connectivity index (χ3v) is 3.96. The fourth-order valence-electron chi connectivity index (χ4n) is 1.88. The van der Waals surface area contributed by atoms with Gasteiger partial charge in [0.25, 0.3) is 0 Å². The normalized spacial score (nSPS) is 21.9. The molecule has 0 bridgehead atoms. The van der Waals surface area contributed by atoms with Crippen molar-refractivity contribution in [3.05, 3.63) is 35.6 Å². The average Bonchev–Trinajstić information content (AvgIpc) is 2.56. The van der Waals surface area contributed by atoms with Crippen LogP contribution in [0.1, 0.15) is 40.2 Å². The summed E-state index contributed by atoms with van der Waals surface area (Å²) in [6.07, 6.45) is 2.48. The molecule has 0 saturated carbocycles. The Labute approximate surface area is 118 Å². The maximum atomic E-state index is 14.5. The van der Waals surface area contributed by atoms with Gasteiger partial charge in [-0.15, -0.1) is 0 Å². The van der Waals surface area contributed by atoms with Crippen LogP contribution in [0.25, 0.3) is 5.57 Å². The van der Waals surface area contributed by atoms with Gasteiger partial charge in [-0.2, -0.15) is 0 Å². The van der Waals surface area contributed by atoms with Gasteiger partial charge < -0.3 is 9.31 Å². The van der Waals surface area contributed by atoms with Crippen molar-refractivity contribution >= 4 is 12.7 Å². The zero-order chi connectivity index (χ0) is 15.1. The van der Waals surface area contributed by atoms with Crippen LogP contribution in [-0.2, 0) is 9.31 Å². The van der Waals surface area contributed by atoms with E-state index in [2.05, 4.69) is 4.98 Å². The standard InChI is InChI=1S/C14H18BF2NO2/c1-9(10-6-11(16)8-18-7-10)12(17)15-19-13(2,3)14(4,5)20-15/h6-8H,1-5H3. The SMILES string of the molecule is CC(=C(F)B1OC(C)(C)C(C)(C)O1)c1cncc(F)c1. The third-order valence-electron chi connectivity index (χ3n) is 3.96. The second-order valence-electron chi connectivity index (χ2n) is 5.95. The number of hydrogen-bond acceptors (Lipinski definition) is 3. The monoisotopic (exact) mass is 281 g/mol. The molecule has 6 heteroatoms. The summed E-state index contributed by atoms with van der Waals surface area (Å²) in [6, 6.07) is 1.23. The number of pyridine rings is 1. The maximum absolute atomic E-state index is 14.5. The minimum atomic E-state index is -1.08. The zero-order valence-corrected chi connectivity index (χ0v) is 12.3. The largest absolute Gasteiger partial charge is 0.525 e. The summed E-state index contributed by atoms with van der Waals surface area (Å²) in [4.78, 5) is 3.71. The van der Waals surface area contributed by atoms with E-state index in [4.69, 9.17) is 9.31 Å². The van der Waals surface area contributed by atoms with Gasteiger partial charge in [0, 0.05) is 11.8 Å². The number of nitrogens with zero attached hydrogens (tertiary/aromatic N) is 1. The van der Waals surface area contributed by atoms with E-state index >= 15 is 0 Å². The highest BCUT2D eigenvalue weighted by molar-refractivity contribution is 6.55. The van der Waals surface area contributed by atoms with Gasteiger partial charge in [0.2, 0.25) is 0 Å². The van der Waals surface area contributed by atoms with Crippen molar-refractivity contribution in [1.82, 2.24) is 4.98 Å². The summed E-state index contributed by atoms with van der Waals surface area (Å²) in [7, 11) is -1.08. The molecule has 20 heavy (non-hydrogen) atoms. The van der Waals surface area contributed by atoms with E-state index in [0.717, 1.165) is 6.20 Å². The second-order valence-corrected chi connectivity index (χ2v) is 5.95. The molecule has 1 aliphatic rings. The fourth-order valence-corrected chi connectivity index (χ4v) is 1.88. The van der Waals surface area contributed by atoms with Gasteiger partial charge in [-0.05, 0) is 46.3 Å². The molecule has 1 fully saturated rings. The molecule has 0 spiro atoms. The molecule has 0 atom stereocenters. The van der Waals surface area contributed by atoms with E-state index < -0.39 is 29.9 Å². The fraction of sp³-hybridized carbons (Fsp3) is 0.500. The molecule has 1 saturated heterocycles. The summed E-state index contributed by atoms with van der Waals surface area (Å²) in [5.74, 6) is -0.511. The smallest absolute Gasteiger partial charge is 0.398 e. The van der Waals surface area contributed by atoms with Gasteiger partial charge in [-0.3, -0.25) is 4.98 Å². The van der Waals surface area contributed by atoms with Gasteiger partial charge in [-0.1, -0.05) is 0 Å². The molecular formula is C14H18BF2NO2. The van der Waals surface area contributed by atoms with Gasteiger partial charge in [-0.25, -0.2) is 8.78 Å². The van der Waals surface area contributed by atoms with Crippen LogP contribution in [0.3, 0.4) is 0 Å². The van der Waals surface area contributed by atoms with Crippen molar-refractivity contribution < 1.29 is 18.1 Å². The highest BCUT2D eigenvalue weighted by Crippen LogP contribution is 2.40. The Morgan fingerprint density at radius 2 is 1.70 bits per heavy atom. The number of rotatable bonds is 2. The van der Waals surface area contributed by atoms with Crippen molar-refractivity contribution in [3.63, 3.8) is 0 Å². The molecule has 0 aromatic carbocycles. The molecule has 0 unspecified atom stereocenters. The Bertz CT molecular complexity index is 542. The van der Waals surface area contributed by atoms with Gasteiger partial charge in [0.15, 0.2) is 0 Å². The molecule has 1 aromatic rings. The molecule has 2 heterocycles. The van der Waals surface area contributed by atoms with Crippen LogP contribution in [0, 0.1) is 5.82 Å². The first-order valence-electron chi connectivity index (χ1n) is 6.47. The van der Waals surface area contributed by atoms with Crippen LogP contribution >= 0.6 is 0 Å². The lowest BCUT2D eigenvalue weighted by Gasteiger charge is -2.32. The van der Waals surface area contributed by atoms with Crippen LogP contribution in [-0.4, -0.2) is 23.3 Å². The number of halogens is 2. The van der Waals surface area contributed by atoms with E-state index in [-0.39, 0.29) is 5.57 Å². The zero-order valence-electron chi connectivity index (χ0n) is 12.3. The second kappa shape index (κ2) is 4.93. The van der Waals surface area contributed by atoms with E-state index in [0.29, 0.717) is 5.56 Å².